The molecule has 0 spiro atoms. The molecule has 0 unspecified atom stereocenters. The predicted molar refractivity (Wildman–Crippen MR) is 114 cm³/mol. The second-order valence-corrected chi connectivity index (χ2v) is 9.89. The molecule has 0 radical (unpaired) electrons. The Morgan fingerprint density at radius 2 is 1.69 bits per heavy atom. The number of nitrogens with one attached hydrogen (secondary N) is 1. The smallest absolute Gasteiger partial charge is 0.255 e. The number of rotatable bonds is 5. The molecule has 7 heteroatoms. The minimum atomic E-state index is -3.56. The average molecular weight is 417 g/mol. The molecule has 156 valence electrons. The zero-order valence-corrected chi connectivity index (χ0v) is 18.1. The molecule has 1 saturated heterocycles. The molecule has 3 rings (SSSR count). The third kappa shape index (κ3) is 4.79. The van der Waals surface area contributed by atoms with Gasteiger partial charge in [-0.15, -0.1) is 0 Å². The zero-order valence-electron chi connectivity index (χ0n) is 17.3. The first-order valence-electron chi connectivity index (χ1n) is 9.77. The van der Waals surface area contributed by atoms with Gasteiger partial charge in [0.05, 0.1) is 17.7 Å². The molecule has 1 N–H and O–H groups in total. The Morgan fingerprint density at radius 1 is 1.07 bits per heavy atom. The number of nitrogens with zero attached hydrogens (tertiary/aromatic N) is 1. The molecule has 6 nitrogen and oxygen atoms in total. The lowest BCUT2D eigenvalue weighted by Crippen LogP contribution is -2.42. The van der Waals surface area contributed by atoms with Gasteiger partial charge in [-0.2, -0.15) is 4.31 Å². The third-order valence-corrected chi connectivity index (χ3v) is 7.04. The fourth-order valence-electron chi connectivity index (χ4n) is 3.84. The van der Waals surface area contributed by atoms with E-state index in [4.69, 9.17) is 4.74 Å². The lowest BCUT2D eigenvalue weighted by molar-refractivity contribution is 0.102. The van der Waals surface area contributed by atoms with E-state index >= 15 is 0 Å². The van der Waals surface area contributed by atoms with E-state index in [2.05, 4.69) is 19.2 Å². The van der Waals surface area contributed by atoms with Gasteiger partial charge in [0.15, 0.2) is 0 Å². The monoisotopic (exact) mass is 416 g/mol. The van der Waals surface area contributed by atoms with Gasteiger partial charge in [-0.25, -0.2) is 8.42 Å². The van der Waals surface area contributed by atoms with E-state index in [1.807, 2.05) is 19.1 Å². The summed E-state index contributed by atoms with van der Waals surface area (Å²) in [6.07, 6.45) is 1.04. The van der Waals surface area contributed by atoms with Crippen LogP contribution in [0.1, 0.15) is 36.2 Å². The predicted octanol–water partition coefficient (Wildman–Crippen LogP) is 3.92. The molecule has 0 aromatic heterocycles. The van der Waals surface area contributed by atoms with Crippen molar-refractivity contribution in [2.45, 2.75) is 32.1 Å². The summed E-state index contributed by atoms with van der Waals surface area (Å²) in [6, 6.07) is 11.6. The summed E-state index contributed by atoms with van der Waals surface area (Å²) in [5.74, 6) is 0.917. The molecule has 2 aromatic rings. The van der Waals surface area contributed by atoms with E-state index in [-0.39, 0.29) is 10.8 Å². The van der Waals surface area contributed by atoms with E-state index in [0.717, 1.165) is 12.0 Å². The number of carbonyl (C=O) groups excluding carboxylic acids is 1. The Morgan fingerprint density at radius 3 is 2.28 bits per heavy atom. The third-order valence-electron chi connectivity index (χ3n) is 5.19. The molecular weight excluding hydrogens is 388 g/mol. The van der Waals surface area contributed by atoms with Crippen LogP contribution in [0.5, 0.6) is 5.75 Å². The maximum Gasteiger partial charge on any atom is 0.255 e. The van der Waals surface area contributed by atoms with Crippen LogP contribution in [0.25, 0.3) is 0 Å². The normalized spacial score (nSPS) is 20.3. The second kappa shape index (κ2) is 8.55. The molecule has 1 amide bonds. The van der Waals surface area contributed by atoms with Crippen molar-refractivity contribution >= 4 is 21.6 Å². The molecule has 2 aromatic carbocycles. The summed E-state index contributed by atoms with van der Waals surface area (Å²) >= 11 is 0. The number of piperidine rings is 1. The topological polar surface area (TPSA) is 75.7 Å². The van der Waals surface area contributed by atoms with Crippen LogP contribution in [0, 0.1) is 18.8 Å². The van der Waals surface area contributed by atoms with Gasteiger partial charge < -0.3 is 10.1 Å². The van der Waals surface area contributed by atoms with Crippen LogP contribution in [-0.2, 0) is 10.0 Å². The molecule has 0 bridgehead atoms. The van der Waals surface area contributed by atoms with Crippen LogP contribution < -0.4 is 10.1 Å². The van der Waals surface area contributed by atoms with Crippen LogP contribution in [0.3, 0.4) is 0 Å². The van der Waals surface area contributed by atoms with E-state index in [1.165, 1.54) is 12.1 Å². The van der Waals surface area contributed by atoms with Gasteiger partial charge in [-0.05, 0) is 67.1 Å². The van der Waals surface area contributed by atoms with Crippen LogP contribution in [0.4, 0.5) is 5.69 Å². The minimum absolute atomic E-state index is 0.212. The van der Waals surface area contributed by atoms with Gasteiger partial charge in [0.1, 0.15) is 5.75 Å². The number of hydrogen-bond donors (Lipinski definition) is 1. The van der Waals surface area contributed by atoms with Crippen LogP contribution in [-0.4, -0.2) is 38.8 Å². The Hall–Kier alpha value is -2.38. The molecular formula is C22H28N2O4S. The Bertz CT molecular complexity index is 976. The number of methoxy groups -OCH3 is 1. The van der Waals surface area contributed by atoms with Crippen molar-refractivity contribution in [2.75, 3.05) is 25.5 Å². The number of hydrogen-bond acceptors (Lipinski definition) is 4. The molecule has 0 saturated carbocycles. The number of carbonyl (C=O) groups is 1. The average Bonchev–Trinajstić information content (AvgIpc) is 2.67. The number of anilines is 1. The highest BCUT2D eigenvalue weighted by molar-refractivity contribution is 7.89. The standard InChI is InChI=1S/C22H28N2O4S/c1-15-5-10-21(28-4)20(12-15)23-22(25)18-6-8-19(9-7-18)29(26,27)24-13-16(2)11-17(3)14-24/h5-10,12,16-17H,11,13-14H2,1-4H3,(H,23,25)/t16-,17-/m0/s1. The minimum Gasteiger partial charge on any atom is -0.495 e. The fraction of sp³-hybridized carbons (Fsp3) is 0.409. The first-order valence-corrected chi connectivity index (χ1v) is 11.2. The first-order chi connectivity index (χ1) is 13.7. The van der Waals surface area contributed by atoms with Gasteiger partial charge >= 0.3 is 0 Å². The van der Waals surface area contributed by atoms with Crippen LogP contribution >= 0.6 is 0 Å². The van der Waals surface area contributed by atoms with E-state index in [9.17, 15) is 13.2 Å². The molecule has 1 aliphatic heterocycles. The van der Waals surface area contributed by atoms with Crippen molar-refractivity contribution < 1.29 is 17.9 Å². The van der Waals surface area contributed by atoms with Crippen molar-refractivity contribution in [3.63, 3.8) is 0 Å². The quantitative estimate of drug-likeness (QED) is 0.801. The molecule has 2 atom stereocenters. The molecule has 1 fully saturated rings. The largest absolute Gasteiger partial charge is 0.495 e. The summed E-state index contributed by atoms with van der Waals surface area (Å²) in [5.41, 5.74) is 1.95. The number of benzene rings is 2. The maximum absolute atomic E-state index is 13.0. The maximum atomic E-state index is 13.0. The van der Waals surface area contributed by atoms with Crippen LogP contribution in [0.15, 0.2) is 47.4 Å². The van der Waals surface area contributed by atoms with Crippen molar-refractivity contribution in [3.05, 3.63) is 53.6 Å². The SMILES string of the molecule is COc1ccc(C)cc1NC(=O)c1ccc(S(=O)(=O)N2C[C@@H](C)C[C@H](C)C2)cc1. The van der Waals surface area contributed by atoms with Gasteiger partial charge in [0, 0.05) is 18.7 Å². The number of sulfonamides is 1. The second-order valence-electron chi connectivity index (χ2n) is 7.95. The number of ether oxygens (including phenoxy) is 1. The van der Waals surface area contributed by atoms with Crippen molar-refractivity contribution in [1.82, 2.24) is 4.31 Å². The Balaban J connectivity index is 1.78. The van der Waals surface area contributed by atoms with Gasteiger partial charge in [0.2, 0.25) is 10.0 Å². The summed E-state index contributed by atoms with van der Waals surface area (Å²) < 4.78 is 32.8. The molecule has 1 heterocycles. The summed E-state index contributed by atoms with van der Waals surface area (Å²) in [4.78, 5) is 12.8. The van der Waals surface area contributed by atoms with Crippen molar-refractivity contribution in [2.24, 2.45) is 11.8 Å². The molecule has 0 aliphatic carbocycles. The van der Waals surface area contributed by atoms with Gasteiger partial charge in [0.25, 0.3) is 5.91 Å². The molecule has 29 heavy (non-hydrogen) atoms. The van der Waals surface area contributed by atoms with E-state index in [1.54, 1.807) is 29.6 Å². The van der Waals surface area contributed by atoms with Gasteiger partial charge in [-0.1, -0.05) is 19.9 Å². The van der Waals surface area contributed by atoms with Crippen LogP contribution in [0.2, 0.25) is 0 Å². The number of amides is 1. The summed E-state index contributed by atoms with van der Waals surface area (Å²) in [6.45, 7) is 7.14. The Kier molecular flexibility index (Phi) is 6.29. The molecule has 1 aliphatic rings. The van der Waals surface area contributed by atoms with Crippen molar-refractivity contribution in [1.29, 1.82) is 0 Å². The Labute approximate surface area is 172 Å². The van der Waals surface area contributed by atoms with Crippen molar-refractivity contribution in [3.8, 4) is 5.75 Å². The highest BCUT2D eigenvalue weighted by atomic mass is 32.2. The van der Waals surface area contributed by atoms with E-state index in [0.29, 0.717) is 41.9 Å². The zero-order chi connectivity index (χ0) is 21.2. The summed E-state index contributed by atoms with van der Waals surface area (Å²) in [7, 11) is -2.02. The number of aryl methyl sites for hydroxylation is 1. The highest BCUT2D eigenvalue weighted by Gasteiger charge is 2.31. The lowest BCUT2D eigenvalue weighted by atomic mass is 9.94. The van der Waals surface area contributed by atoms with E-state index < -0.39 is 10.0 Å². The highest BCUT2D eigenvalue weighted by Crippen LogP contribution is 2.28. The first kappa shape index (κ1) is 21.3. The van der Waals surface area contributed by atoms with Gasteiger partial charge in [-0.3, -0.25) is 4.79 Å². The summed E-state index contributed by atoms with van der Waals surface area (Å²) in [5, 5.41) is 2.83. The lowest BCUT2D eigenvalue weighted by Gasteiger charge is -2.34. The fourth-order valence-corrected chi connectivity index (χ4v) is 5.52.